The number of amides is 1. The predicted molar refractivity (Wildman–Crippen MR) is 102 cm³/mol. The number of esters is 1. The normalized spacial score (nSPS) is 10.5. The summed E-state index contributed by atoms with van der Waals surface area (Å²) < 4.78 is 18.6. The summed E-state index contributed by atoms with van der Waals surface area (Å²) in [6, 6.07) is 14.1. The zero-order valence-corrected chi connectivity index (χ0v) is 15.6. The average molecular weight is 381 g/mol. The number of carbonyl (C=O) groups excluding carboxylic acids is 2. The van der Waals surface area contributed by atoms with Crippen LogP contribution in [0.15, 0.2) is 48.5 Å². The SMILES string of the molecule is Cc1ccc(CNC(=O)COC(=O)c2nc(-c3ccccc3)[nH]c2C)cc1F. The number of H-pyrrole nitrogens is 1. The van der Waals surface area contributed by atoms with E-state index < -0.39 is 18.5 Å². The van der Waals surface area contributed by atoms with Crippen molar-refractivity contribution in [3.8, 4) is 11.4 Å². The number of nitrogens with zero attached hydrogens (tertiary/aromatic N) is 1. The lowest BCUT2D eigenvalue weighted by molar-refractivity contribution is -0.124. The van der Waals surface area contributed by atoms with E-state index in [0.29, 0.717) is 22.6 Å². The van der Waals surface area contributed by atoms with Gasteiger partial charge in [0, 0.05) is 17.8 Å². The van der Waals surface area contributed by atoms with Crippen molar-refractivity contribution in [3.05, 3.63) is 76.9 Å². The maximum Gasteiger partial charge on any atom is 0.359 e. The number of hydrogen-bond acceptors (Lipinski definition) is 4. The molecule has 2 aromatic carbocycles. The van der Waals surface area contributed by atoms with Gasteiger partial charge >= 0.3 is 5.97 Å². The molecule has 0 saturated carbocycles. The summed E-state index contributed by atoms with van der Waals surface area (Å²) in [5, 5.41) is 2.59. The van der Waals surface area contributed by atoms with Crippen LogP contribution in [-0.4, -0.2) is 28.5 Å². The van der Waals surface area contributed by atoms with E-state index >= 15 is 0 Å². The number of imidazole rings is 1. The minimum Gasteiger partial charge on any atom is -0.451 e. The maximum absolute atomic E-state index is 13.5. The van der Waals surface area contributed by atoms with Gasteiger partial charge in [-0.05, 0) is 31.0 Å². The van der Waals surface area contributed by atoms with Crippen molar-refractivity contribution >= 4 is 11.9 Å². The second-order valence-electron chi connectivity index (χ2n) is 6.36. The fraction of sp³-hybridized carbons (Fsp3) is 0.190. The van der Waals surface area contributed by atoms with Crippen LogP contribution in [0.4, 0.5) is 4.39 Å². The first kappa shape index (κ1) is 19.3. The van der Waals surface area contributed by atoms with Gasteiger partial charge in [0.1, 0.15) is 11.6 Å². The van der Waals surface area contributed by atoms with Crippen molar-refractivity contribution in [2.45, 2.75) is 20.4 Å². The number of ether oxygens (including phenoxy) is 1. The molecule has 3 aromatic rings. The third-order valence-electron chi connectivity index (χ3n) is 4.19. The van der Waals surface area contributed by atoms with E-state index in [1.54, 1.807) is 26.0 Å². The highest BCUT2D eigenvalue weighted by atomic mass is 19.1. The molecule has 3 rings (SSSR count). The lowest BCUT2D eigenvalue weighted by Crippen LogP contribution is -2.28. The van der Waals surface area contributed by atoms with Gasteiger partial charge in [-0.3, -0.25) is 4.79 Å². The van der Waals surface area contributed by atoms with Gasteiger partial charge in [-0.2, -0.15) is 0 Å². The van der Waals surface area contributed by atoms with Gasteiger partial charge < -0.3 is 15.0 Å². The molecule has 7 heteroatoms. The first-order valence-electron chi connectivity index (χ1n) is 8.75. The molecule has 28 heavy (non-hydrogen) atoms. The monoisotopic (exact) mass is 381 g/mol. The van der Waals surface area contributed by atoms with Crippen LogP contribution >= 0.6 is 0 Å². The van der Waals surface area contributed by atoms with Gasteiger partial charge in [-0.15, -0.1) is 0 Å². The summed E-state index contributed by atoms with van der Waals surface area (Å²) in [6.45, 7) is 3.08. The van der Waals surface area contributed by atoms with Gasteiger partial charge in [0.25, 0.3) is 5.91 Å². The first-order valence-corrected chi connectivity index (χ1v) is 8.75. The number of nitrogens with one attached hydrogen (secondary N) is 2. The zero-order valence-electron chi connectivity index (χ0n) is 15.6. The van der Waals surface area contributed by atoms with E-state index in [1.807, 2.05) is 30.3 Å². The van der Waals surface area contributed by atoms with Crippen molar-refractivity contribution in [1.29, 1.82) is 0 Å². The summed E-state index contributed by atoms with van der Waals surface area (Å²) in [6.07, 6.45) is 0. The Morgan fingerprint density at radius 3 is 2.61 bits per heavy atom. The highest BCUT2D eigenvalue weighted by molar-refractivity contribution is 5.91. The number of carbonyl (C=O) groups is 2. The number of benzene rings is 2. The maximum atomic E-state index is 13.5. The molecule has 0 bridgehead atoms. The summed E-state index contributed by atoms with van der Waals surface area (Å²) in [4.78, 5) is 31.4. The van der Waals surface area contributed by atoms with E-state index in [1.165, 1.54) is 6.07 Å². The highest BCUT2D eigenvalue weighted by Gasteiger charge is 2.18. The summed E-state index contributed by atoms with van der Waals surface area (Å²) >= 11 is 0. The molecule has 0 unspecified atom stereocenters. The van der Waals surface area contributed by atoms with Crippen LogP contribution in [0.1, 0.15) is 27.3 Å². The molecule has 0 radical (unpaired) electrons. The lowest BCUT2D eigenvalue weighted by Gasteiger charge is -2.07. The number of aromatic amines is 1. The van der Waals surface area contributed by atoms with E-state index in [2.05, 4.69) is 15.3 Å². The molecule has 2 N–H and O–H groups in total. The minimum atomic E-state index is -0.688. The lowest BCUT2D eigenvalue weighted by atomic mass is 10.1. The Labute approximate surface area is 161 Å². The minimum absolute atomic E-state index is 0.132. The van der Waals surface area contributed by atoms with Crippen LogP contribution in [0, 0.1) is 19.7 Å². The van der Waals surface area contributed by atoms with Gasteiger partial charge in [0.05, 0.1) is 0 Å². The molecule has 0 saturated heterocycles. The summed E-state index contributed by atoms with van der Waals surface area (Å²) in [5.41, 5.74) is 2.69. The number of aromatic nitrogens is 2. The van der Waals surface area contributed by atoms with Crippen molar-refractivity contribution in [2.75, 3.05) is 6.61 Å². The smallest absolute Gasteiger partial charge is 0.359 e. The van der Waals surface area contributed by atoms with Crippen LogP contribution in [0.5, 0.6) is 0 Å². The third-order valence-corrected chi connectivity index (χ3v) is 4.19. The van der Waals surface area contributed by atoms with Gasteiger partial charge in [0.15, 0.2) is 12.3 Å². The third kappa shape index (κ3) is 4.62. The average Bonchev–Trinajstić information content (AvgIpc) is 3.09. The van der Waals surface area contributed by atoms with E-state index in [0.717, 1.165) is 5.56 Å². The number of hydrogen-bond donors (Lipinski definition) is 2. The fourth-order valence-electron chi connectivity index (χ4n) is 2.59. The highest BCUT2D eigenvalue weighted by Crippen LogP contribution is 2.18. The molecule has 0 fully saturated rings. The summed E-state index contributed by atoms with van der Waals surface area (Å²) in [7, 11) is 0. The van der Waals surface area contributed by atoms with Crippen LogP contribution in [0.25, 0.3) is 11.4 Å². The Hall–Kier alpha value is -3.48. The van der Waals surface area contributed by atoms with Gasteiger partial charge in [0.2, 0.25) is 0 Å². The zero-order chi connectivity index (χ0) is 20.1. The first-order chi connectivity index (χ1) is 13.4. The van der Waals surface area contributed by atoms with Gasteiger partial charge in [-0.25, -0.2) is 14.2 Å². The molecule has 1 heterocycles. The number of halogens is 1. The van der Waals surface area contributed by atoms with Crippen molar-refractivity contribution in [3.63, 3.8) is 0 Å². The second-order valence-corrected chi connectivity index (χ2v) is 6.36. The molecular formula is C21H20FN3O3. The Morgan fingerprint density at radius 2 is 1.89 bits per heavy atom. The van der Waals surface area contributed by atoms with Crippen LogP contribution in [0.3, 0.4) is 0 Å². The van der Waals surface area contributed by atoms with E-state index in [4.69, 9.17) is 4.74 Å². The molecule has 0 aliphatic carbocycles. The van der Waals surface area contributed by atoms with E-state index in [-0.39, 0.29) is 18.1 Å². The Kier molecular flexibility index (Phi) is 5.84. The van der Waals surface area contributed by atoms with Crippen LogP contribution in [0.2, 0.25) is 0 Å². The predicted octanol–water partition coefficient (Wildman–Crippen LogP) is 3.31. The molecule has 1 aromatic heterocycles. The summed E-state index contributed by atoms with van der Waals surface area (Å²) in [5.74, 6) is -0.949. The molecule has 0 spiro atoms. The molecule has 0 aliphatic heterocycles. The van der Waals surface area contributed by atoms with Gasteiger partial charge in [-0.1, -0.05) is 42.5 Å². The number of rotatable bonds is 6. The van der Waals surface area contributed by atoms with E-state index in [9.17, 15) is 14.0 Å². The van der Waals surface area contributed by atoms with Crippen LogP contribution in [-0.2, 0) is 16.1 Å². The number of aryl methyl sites for hydroxylation is 2. The molecule has 6 nitrogen and oxygen atoms in total. The molecular weight excluding hydrogens is 361 g/mol. The standard InChI is InChI=1S/C21H20FN3O3/c1-13-8-9-15(10-17(13)22)11-23-18(26)12-28-21(27)19-14(2)24-20(25-19)16-6-4-3-5-7-16/h3-10H,11-12H2,1-2H3,(H,23,26)(H,24,25). The molecule has 0 aliphatic rings. The van der Waals surface area contributed by atoms with Crippen LogP contribution < -0.4 is 5.32 Å². The largest absolute Gasteiger partial charge is 0.451 e. The Morgan fingerprint density at radius 1 is 1.14 bits per heavy atom. The Bertz CT molecular complexity index is 999. The fourth-order valence-corrected chi connectivity index (χ4v) is 2.59. The molecule has 1 amide bonds. The Balaban J connectivity index is 1.54. The molecule has 0 atom stereocenters. The topological polar surface area (TPSA) is 84.1 Å². The van der Waals surface area contributed by atoms with Crippen molar-refractivity contribution in [1.82, 2.24) is 15.3 Å². The van der Waals surface area contributed by atoms with Crippen molar-refractivity contribution < 1.29 is 18.7 Å². The quantitative estimate of drug-likeness (QED) is 0.642. The molecule has 144 valence electrons. The van der Waals surface area contributed by atoms with Crippen molar-refractivity contribution in [2.24, 2.45) is 0 Å². The second kappa shape index (κ2) is 8.47.